The number of amides is 1. The van der Waals surface area contributed by atoms with Crippen molar-refractivity contribution in [1.82, 2.24) is 9.88 Å². The molecular weight excluding hydrogens is 412 g/mol. The van der Waals surface area contributed by atoms with Crippen molar-refractivity contribution in [3.05, 3.63) is 28.8 Å². The van der Waals surface area contributed by atoms with Crippen molar-refractivity contribution >= 4 is 38.1 Å². The van der Waals surface area contributed by atoms with E-state index in [0.717, 1.165) is 30.1 Å². The number of rotatable bonds is 3. The first-order valence-corrected chi connectivity index (χ1v) is 11.7. The van der Waals surface area contributed by atoms with Crippen molar-refractivity contribution in [2.24, 2.45) is 0 Å². The van der Waals surface area contributed by atoms with Crippen LogP contribution in [0.25, 0.3) is 0 Å². The van der Waals surface area contributed by atoms with Crippen molar-refractivity contribution in [2.75, 3.05) is 29.8 Å². The summed E-state index contributed by atoms with van der Waals surface area (Å²) in [6, 6.07) is 4.57. The standard InChI is InChI=1S/C19H24N4O4S2/c1-12(24)23-11-19(2,3)27-16-6-5-13(9-15(16)23)29(25,26)21-18-20-14-7-8-22(4)10-17(14)28-18/h5-6,9H,7-8,10-11H2,1-4H3,(H,20,21). The summed E-state index contributed by atoms with van der Waals surface area (Å²) in [6.45, 7) is 7.26. The lowest BCUT2D eigenvalue weighted by Crippen LogP contribution is -2.48. The molecular formula is C19H24N4O4S2. The highest BCUT2D eigenvalue weighted by molar-refractivity contribution is 7.93. The first kappa shape index (κ1) is 20.1. The van der Waals surface area contributed by atoms with Gasteiger partial charge in [-0.05, 0) is 39.1 Å². The average molecular weight is 437 g/mol. The Kier molecular flexibility index (Phi) is 4.83. The predicted molar refractivity (Wildman–Crippen MR) is 112 cm³/mol. The van der Waals surface area contributed by atoms with Crippen LogP contribution in [0, 0.1) is 0 Å². The minimum Gasteiger partial charge on any atom is -0.484 e. The molecule has 2 aliphatic rings. The Morgan fingerprint density at radius 1 is 1.34 bits per heavy atom. The number of carbonyl (C=O) groups excluding carboxylic acids is 1. The van der Waals surface area contributed by atoms with Crippen LogP contribution in [-0.4, -0.2) is 49.9 Å². The van der Waals surface area contributed by atoms with E-state index in [2.05, 4.69) is 14.6 Å². The summed E-state index contributed by atoms with van der Waals surface area (Å²) in [5, 5.41) is 0.365. The van der Waals surface area contributed by atoms with Gasteiger partial charge in [0.15, 0.2) is 5.13 Å². The number of likely N-dealkylation sites (N-methyl/N-ethyl adjacent to an activating group) is 1. The maximum atomic E-state index is 13.0. The number of ether oxygens (including phenoxy) is 1. The number of thiazole rings is 1. The van der Waals surface area contributed by atoms with Crippen LogP contribution in [0.3, 0.4) is 0 Å². The Labute approximate surface area is 174 Å². The van der Waals surface area contributed by atoms with Gasteiger partial charge in [0.05, 0.1) is 22.8 Å². The van der Waals surface area contributed by atoms with Crippen molar-refractivity contribution in [1.29, 1.82) is 0 Å². The molecule has 4 rings (SSSR count). The molecule has 2 aromatic rings. The number of carbonyl (C=O) groups is 1. The van der Waals surface area contributed by atoms with E-state index in [1.807, 2.05) is 20.9 Å². The van der Waals surface area contributed by atoms with E-state index in [9.17, 15) is 13.2 Å². The fraction of sp³-hybridized carbons (Fsp3) is 0.474. The number of hydrogen-bond acceptors (Lipinski definition) is 7. The van der Waals surface area contributed by atoms with Crippen LogP contribution in [0.2, 0.25) is 0 Å². The monoisotopic (exact) mass is 436 g/mol. The molecule has 0 fully saturated rings. The van der Waals surface area contributed by atoms with E-state index in [1.165, 1.54) is 30.4 Å². The molecule has 0 bridgehead atoms. The maximum absolute atomic E-state index is 13.0. The largest absolute Gasteiger partial charge is 0.484 e. The highest BCUT2D eigenvalue weighted by Gasteiger charge is 2.34. The molecule has 0 spiro atoms. The molecule has 0 atom stereocenters. The number of nitrogens with one attached hydrogen (secondary N) is 1. The molecule has 0 aliphatic carbocycles. The van der Waals surface area contributed by atoms with Crippen LogP contribution in [0.1, 0.15) is 31.3 Å². The second kappa shape index (κ2) is 6.96. The van der Waals surface area contributed by atoms with Gasteiger partial charge in [-0.3, -0.25) is 9.52 Å². The molecule has 1 aromatic carbocycles. The van der Waals surface area contributed by atoms with Crippen LogP contribution in [0.4, 0.5) is 10.8 Å². The lowest BCUT2D eigenvalue weighted by Gasteiger charge is -2.39. The molecule has 29 heavy (non-hydrogen) atoms. The van der Waals surface area contributed by atoms with E-state index in [4.69, 9.17) is 4.74 Å². The summed E-state index contributed by atoms with van der Waals surface area (Å²) >= 11 is 1.36. The molecule has 10 heteroatoms. The summed E-state index contributed by atoms with van der Waals surface area (Å²) < 4.78 is 34.5. The summed E-state index contributed by atoms with van der Waals surface area (Å²) in [5.41, 5.74) is 0.860. The van der Waals surface area contributed by atoms with Crippen LogP contribution in [0.5, 0.6) is 5.75 Å². The first-order valence-electron chi connectivity index (χ1n) is 9.35. The number of benzene rings is 1. The van der Waals surface area contributed by atoms with Crippen LogP contribution in [0.15, 0.2) is 23.1 Å². The van der Waals surface area contributed by atoms with Crippen LogP contribution in [-0.2, 0) is 27.8 Å². The van der Waals surface area contributed by atoms with E-state index in [1.54, 1.807) is 11.0 Å². The molecule has 3 heterocycles. The number of fused-ring (bicyclic) bond motifs is 2. The third-order valence-electron chi connectivity index (χ3n) is 4.98. The molecule has 156 valence electrons. The fourth-order valence-electron chi connectivity index (χ4n) is 3.58. The predicted octanol–water partition coefficient (Wildman–Crippen LogP) is 2.46. The summed E-state index contributed by atoms with van der Waals surface area (Å²) in [5.74, 6) is 0.324. The Balaban J connectivity index is 1.65. The molecule has 1 aromatic heterocycles. The average Bonchev–Trinajstić information content (AvgIpc) is 3.00. The number of sulfonamides is 1. The van der Waals surface area contributed by atoms with Crippen molar-refractivity contribution < 1.29 is 17.9 Å². The molecule has 1 amide bonds. The Morgan fingerprint density at radius 3 is 2.83 bits per heavy atom. The van der Waals surface area contributed by atoms with Gasteiger partial charge in [-0.1, -0.05) is 11.3 Å². The van der Waals surface area contributed by atoms with Gasteiger partial charge in [0.2, 0.25) is 5.91 Å². The SMILES string of the molecule is CC(=O)N1CC(C)(C)Oc2ccc(S(=O)(=O)Nc3nc4c(s3)CN(C)CC4)cc21. The van der Waals surface area contributed by atoms with Gasteiger partial charge in [0.1, 0.15) is 11.4 Å². The highest BCUT2D eigenvalue weighted by Crippen LogP contribution is 2.39. The van der Waals surface area contributed by atoms with Crippen LogP contribution >= 0.6 is 11.3 Å². The second-order valence-corrected chi connectivity index (χ2v) is 10.8. The zero-order chi connectivity index (χ0) is 21.0. The van der Waals surface area contributed by atoms with Crippen molar-refractivity contribution in [3.63, 3.8) is 0 Å². The molecule has 0 unspecified atom stereocenters. The lowest BCUT2D eigenvalue weighted by atomic mass is 10.1. The number of nitrogens with zero attached hydrogens (tertiary/aromatic N) is 3. The summed E-state index contributed by atoms with van der Waals surface area (Å²) in [4.78, 5) is 21.5. The summed E-state index contributed by atoms with van der Waals surface area (Å²) in [7, 11) is -1.82. The Bertz CT molecular complexity index is 1080. The lowest BCUT2D eigenvalue weighted by molar-refractivity contribution is -0.117. The van der Waals surface area contributed by atoms with Gasteiger partial charge in [-0.15, -0.1) is 0 Å². The van der Waals surface area contributed by atoms with Crippen molar-refractivity contribution in [3.8, 4) is 5.75 Å². The second-order valence-electron chi connectivity index (χ2n) is 8.08. The molecule has 0 saturated carbocycles. The zero-order valence-corrected chi connectivity index (χ0v) is 18.5. The fourth-order valence-corrected chi connectivity index (χ4v) is 5.92. The smallest absolute Gasteiger partial charge is 0.263 e. The van der Waals surface area contributed by atoms with Gasteiger partial charge >= 0.3 is 0 Å². The molecule has 0 saturated heterocycles. The van der Waals surface area contributed by atoms with Gasteiger partial charge < -0.3 is 14.5 Å². The molecule has 2 aliphatic heterocycles. The third kappa shape index (κ3) is 3.96. The Hall–Kier alpha value is -2.17. The molecule has 0 radical (unpaired) electrons. The van der Waals surface area contributed by atoms with E-state index >= 15 is 0 Å². The number of aromatic nitrogens is 1. The highest BCUT2D eigenvalue weighted by atomic mass is 32.2. The van der Waals surface area contributed by atoms with Gasteiger partial charge in [-0.25, -0.2) is 13.4 Å². The molecule has 8 nitrogen and oxygen atoms in total. The van der Waals surface area contributed by atoms with Gasteiger partial charge in [0.25, 0.3) is 10.0 Å². The topological polar surface area (TPSA) is 91.8 Å². The minimum absolute atomic E-state index is 0.0658. The maximum Gasteiger partial charge on any atom is 0.263 e. The van der Waals surface area contributed by atoms with Gasteiger partial charge in [0, 0.05) is 31.3 Å². The van der Waals surface area contributed by atoms with Gasteiger partial charge in [-0.2, -0.15) is 0 Å². The normalized spacial score (nSPS) is 18.6. The number of hydrogen-bond donors (Lipinski definition) is 1. The minimum atomic E-state index is -3.85. The Morgan fingerprint density at radius 2 is 2.10 bits per heavy atom. The molecule has 1 N–H and O–H groups in total. The zero-order valence-electron chi connectivity index (χ0n) is 16.9. The quantitative estimate of drug-likeness (QED) is 0.795. The van der Waals surface area contributed by atoms with E-state index in [0.29, 0.717) is 23.1 Å². The summed E-state index contributed by atoms with van der Waals surface area (Å²) in [6.07, 6.45) is 0.809. The first-order chi connectivity index (χ1) is 13.5. The van der Waals surface area contributed by atoms with Crippen LogP contribution < -0.4 is 14.4 Å². The van der Waals surface area contributed by atoms with E-state index in [-0.39, 0.29) is 10.8 Å². The third-order valence-corrected chi connectivity index (χ3v) is 7.44. The number of anilines is 2. The van der Waals surface area contributed by atoms with E-state index < -0.39 is 15.6 Å². The van der Waals surface area contributed by atoms with Crippen molar-refractivity contribution in [2.45, 2.75) is 44.2 Å².